The number of carboxylic acid groups (broad SMARTS) is 1. The van der Waals surface area contributed by atoms with E-state index in [1.54, 1.807) is 0 Å². The maximum atomic E-state index is 13.7. The Morgan fingerprint density at radius 2 is 2.13 bits per heavy atom. The zero-order valence-electron chi connectivity index (χ0n) is 13.6. The molecular formula is C17H20FN3O2. The maximum absolute atomic E-state index is 13.7. The van der Waals surface area contributed by atoms with E-state index >= 15 is 0 Å². The number of aryl methyl sites for hydroxylation is 2. The molecular weight excluding hydrogens is 297 g/mol. The van der Waals surface area contributed by atoms with Crippen LogP contribution in [0.25, 0.3) is 0 Å². The highest BCUT2D eigenvalue weighted by molar-refractivity contribution is 5.90. The first kappa shape index (κ1) is 15.7. The molecule has 1 aliphatic heterocycles. The van der Waals surface area contributed by atoms with Gasteiger partial charge in [0.05, 0.1) is 11.3 Å². The lowest BCUT2D eigenvalue weighted by Gasteiger charge is -2.29. The van der Waals surface area contributed by atoms with E-state index in [1.165, 1.54) is 11.6 Å². The second-order valence-corrected chi connectivity index (χ2v) is 6.13. The van der Waals surface area contributed by atoms with E-state index in [1.807, 2.05) is 25.6 Å². The molecule has 122 valence electrons. The predicted molar refractivity (Wildman–Crippen MR) is 83.9 cm³/mol. The summed E-state index contributed by atoms with van der Waals surface area (Å²) in [6, 6.07) is 2.57. The van der Waals surface area contributed by atoms with Gasteiger partial charge in [-0.05, 0) is 43.5 Å². The molecule has 0 radical (unpaired) electrons. The fraction of sp³-hybridized carbons (Fsp3) is 0.412. The molecule has 0 unspecified atom stereocenters. The summed E-state index contributed by atoms with van der Waals surface area (Å²) in [6.07, 6.45) is 0.621. The van der Waals surface area contributed by atoms with Crippen LogP contribution in [0.1, 0.15) is 38.4 Å². The van der Waals surface area contributed by atoms with Gasteiger partial charge in [0.15, 0.2) is 0 Å². The highest BCUT2D eigenvalue weighted by Crippen LogP contribution is 2.26. The van der Waals surface area contributed by atoms with Crippen molar-refractivity contribution in [2.75, 3.05) is 6.54 Å². The van der Waals surface area contributed by atoms with Crippen molar-refractivity contribution in [3.63, 3.8) is 0 Å². The molecule has 0 saturated heterocycles. The number of carboxylic acids is 1. The highest BCUT2D eigenvalue weighted by Gasteiger charge is 2.24. The molecule has 1 aromatic heterocycles. The maximum Gasteiger partial charge on any atom is 0.336 e. The summed E-state index contributed by atoms with van der Waals surface area (Å²) in [7, 11) is 1.92. The van der Waals surface area contributed by atoms with E-state index in [2.05, 4.69) is 10.00 Å². The third-order valence-corrected chi connectivity index (χ3v) is 4.65. The average molecular weight is 317 g/mol. The Bertz CT molecular complexity index is 783. The van der Waals surface area contributed by atoms with Crippen LogP contribution in [0.4, 0.5) is 4.39 Å². The lowest BCUT2D eigenvalue weighted by atomic mass is 9.94. The average Bonchev–Trinajstić information content (AvgIpc) is 2.72. The van der Waals surface area contributed by atoms with Crippen LogP contribution < -0.4 is 0 Å². The van der Waals surface area contributed by atoms with Gasteiger partial charge in [-0.1, -0.05) is 0 Å². The topological polar surface area (TPSA) is 58.4 Å². The number of aromatic nitrogens is 2. The molecule has 2 heterocycles. The van der Waals surface area contributed by atoms with Crippen LogP contribution in [0.5, 0.6) is 0 Å². The van der Waals surface area contributed by atoms with E-state index < -0.39 is 11.8 Å². The minimum atomic E-state index is -1.06. The third kappa shape index (κ3) is 2.86. The van der Waals surface area contributed by atoms with Gasteiger partial charge in [0.25, 0.3) is 0 Å². The minimum Gasteiger partial charge on any atom is -0.478 e. The van der Waals surface area contributed by atoms with Crippen LogP contribution in [0.3, 0.4) is 0 Å². The Hall–Kier alpha value is -2.21. The molecule has 0 saturated carbocycles. The quantitative estimate of drug-likeness (QED) is 0.944. The Morgan fingerprint density at radius 3 is 2.74 bits per heavy atom. The molecule has 0 amide bonds. The molecule has 1 aliphatic rings. The van der Waals surface area contributed by atoms with Gasteiger partial charge < -0.3 is 5.11 Å². The Morgan fingerprint density at radius 1 is 1.39 bits per heavy atom. The highest BCUT2D eigenvalue weighted by atomic mass is 19.1. The summed E-state index contributed by atoms with van der Waals surface area (Å²) in [5.41, 5.74) is 4.93. The zero-order chi connectivity index (χ0) is 16.7. The number of hydrogen-bond acceptors (Lipinski definition) is 3. The van der Waals surface area contributed by atoms with Gasteiger partial charge in [-0.15, -0.1) is 0 Å². The molecule has 5 nitrogen and oxygen atoms in total. The Labute approximate surface area is 134 Å². The van der Waals surface area contributed by atoms with Crippen molar-refractivity contribution in [2.24, 2.45) is 7.05 Å². The van der Waals surface area contributed by atoms with Crippen molar-refractivity contribution in [3.05, 3.63) is 51.6 Å². The molecule has 0 bridgehead atoms. The number of carbonyl (C=O) groups is 1. The fourth-order valence-corrected chi connectivity index (χ4v) is 3.32. The molecule has 0 atom stereocenters. The van der Waals surface area contributed by atoms with Crippen LogP contribution in [0.2, 0.25) is 0 Å². The van der Waals surface area contributed by atoms with E-state index in [9.17, 15) is 14.3 Å². The first-order valence-electron chi connectivity index (χ1n) is 7.63. The summed E-state index contributed by atoms with van der Waals surface area (Å²) >= 11 is 0. The first-order chi connectivity index (χ1) is 10.9. The molecule has 0 spiro atoms. The summed E-state index contributed by atoms with van der Waals surface area (Å²) in [5.74, 6) is -1.55. The molecule has 0 aliphatic carbocycles. The predicted octanol–water partition coefficient (Wildman–Crippen LogP) is 2.43. The third-order valence-electron chi connectivity index (χ3n) is 4.65. The molecule has 2 aromatic rings. The van der Waals surface area contributed by atoms with E-state index in [0.29, 0.717) is 13.0 Å². The minimum absolute atomic E-state index is 0.0911. The van der Waals surface area contributed by atoms with Crippen molar-refractivity contribution >= 4 is 5.97 Å². The van der Waals surface area contributed by atoms with Gasteiger partial charge in [0.2, 0.25) is 0 Å². The van der Waals surface area contributed by atoms with Gasteiger partial charge in [-0.2, -0.15) is 5.10 Å². The van der Waals surface area contributed by atoms with Gasteiger partial charge in [0, 0.05) is 37.9 Å². The normalized spacial score (nSPS) is 14.8. The smallest absolute Gasteiger partial charge is 0.336 e. The largest absolute Gasteiger partial charge is 0.478 e. The lowest BCUT2D eigenvalue weighted by Crippen LogP contribution is -2.31. The molecule has 23 heavy (non-hydrogen) atoms. The summed E-state index contributed by atoms with van der Waals surface area (Å²) in [4.78, 5) is 13.5. The van der Waals surface area contributed by atoms with Gasteiger partial charge in [0.1, 0.15) is 5.82 Å². The van der Waals surface area contributed by atoms with Crippen molar-refractivity contribution in [3.8, 4) is 0 Å². The SMILES string of the molecule is Cc1nn(C)c(C)c1CN1CCc2c(cc(F)cc2C(=O)O)C1. The van der Waals surface area contributed by atoms with Crippen LogP contribution >= 0.6 is 0 Å². The Kier molecular flexibility index (Phi) is 3.93. The number of fused-ring (bicyclic) bond motifs is 1. The number of rotatable bonds is 3. The lowest BCUT2D eigenvalue weighted by molar-refractivity contribution is 0.0694. The fourth-order valence-electron chi connectivity index (χ4n) is 3.32. The zero-order valence-corrected chi connectivity index (χ0v) is 13.6. The van der Waals surface area contributed by atoms with Gasteiger partial charge >= 0.3 is 5.97 Å². The van der Waals surface area contributed by atoms with Gasteiger partial charge in [-0.3, -0.25) is 9.58 Å². The van der Waals surface area contributed by atoms with Crippen LogP contribution in [0.15, 0.2) is 12.1 Å². The van der Waals surface area contributed by atoms with Crippen molar-refractivity contribution < 1.29 is 14.3 Å². The Balaban J connectivity index is 1.87. The van der Waals surface area contributed by atoms with E-state index in [4.69, 9.17) is 0 Å². The van der Waals surface area contributed by atoms with Crippen LogP contribution in [-0.2, 0) is 26.6 Å². The number of halogens is 1. The number of benzene rings is 1. The monoisotopic (exact) mass is 317 g/mol. The molecule has 1 N–H and O–H groups in total. The first-order valence-corrected chi connectivity index (χ1v) is 7.63. The van der Waals surface area contributed by atoms with E-state index in [0.717, 1.165) is 41.7 Å². The summed E-state index contributed by atoms with van der Waals surface area (Å²) in [5, 5.41) is 13.7. The number of hydrogen-bond donors (Lipinski definition) is 1. The van der Waals surface area contributed by atoms with Crippen molar-refractivity contribution in [2.45, 2.75) is 33.4 Å². The van der Waals surface area contributed by atoms with Gasteiger partial charge in [-0.25, -0.2) is 9.18 Å². The van der Waals surface area contributed by atoms with Crippen molar-refractivity contribution in [1.82, 2.24) is 14.7 Å². The molecule has 6 heteroatoms. The van der Waals surface area contributed by atoms with Crippen LogP contribution in [-0.4, -0.2) is 32.3 Å². The molecule has 3 rings (SSSR count). The molecule has 1 aromatic carbocycles. The number of nitrogens with zero attached hydrogens (tertiary/aromatic N) is 3. The summed E-state index contributed by atoms with van der Waals surface area (Å²) < 4.78 is 15.6. The second kappa shape index (κ2) is 5.77. The van der Waals surface area contributed by atoms with E-state index in [-0.39, 0.29) is 5.56 Å². The second-order valence-electron chi connectivity index (χ2n) is 6.13. The van der Waals surface area contributed by atoms with Crippen LogP contribution in [0, 0.1) is 19.7 Å². The van der Waals surface area contributed by atoms with Crippen molar-refractivity contribution in [1.29, 1.82) is 0 Å². The number of aromatic carboxylic acids is 1. The summed E-state index contributed by atoms with van der Waals surface area (Å²) in [6.45, 7) is 6.08. The standard InChI is InChI=1S/C17H20FN3O2/c1-10-16(11(2)20(3)19-10)9-21-5-4-14-12(8-21)6-13(18)7-15(14)17(22)23/h6-7H,4-5,8-9H2,1-3H3,(H,22,23). The molecule has 0 fully saturated rings.